The number of thioether (sulfide) groups is 1. The Labute approximate surface area is 110 Å². The summed E-state index contributed by atoms with van der Waals surface area (Å²) in [6.45, 7) is 1.26. The Balaban J connectivity index is 3.07. The topological polar surface area (TPSA) is 65.2 Å². The third kappa shape index (κ3) is 3.57. The summed E-state index contributed by atoms with van der Waals surface area (Å²) in [6.07, 6.45) is 0. The van der Waals surface area contributed by atoms with Crippen LogP contribution in [0.1, 0.15) is 6.92 Å². The number of halogens is 4. The number of nitrogens with zero attached hydrogens (tertiary/aromatic N) is 1. The summed E-state index contributed by atoms with van der Waals surface area (Å²) in [7, 11) is 0. The fourth-order valence-corrected chi connectivity index (χ4v) is 2.06. The minimum Gasteiger partial charge on any atom is -0.465 e. The van der Waals surface area contributed by atoms with Crippen LogP contribution >= 0.6 is 11.8 Å². The molecule has 0 aliphatic carbocycles. The lowest BCUT2D eigenvalue weighted by Crippen LogP contribution is -2.28. The van der Waals surface area contributed by atoms with E-state index in [-0.39, 0.29) is 24.9 Å². The van der Waals surface area contributed by atoms with Crippen molar-refractivity contribution in [2.45, 2.75) is 17.1 Å². The molecule has 1 aromatic heterocycles. The second-order valence-electron chi connectivity index (χ2n) is 3.24. The lowest BCUT2D eigenvalue weighted by atomic mass is 10.4. The van der Waals surface area contributed by atoms with Gasteiger partial charge in [0.05, 0.1) is 11.5 Å². The van der Waals surface area contributed by atoms with Gasteiger partial charge in [0.15, 0.2) is 11.6 Å². The number of esters is 1. The van der Waals surface area contributed by atoms with Crippen molar-refractivity contribution in [1.29, 1.82) is 0 Å². The van der Waals surface area contributed by atoms with Gasteiger partial charge in [-0.3, -0.25) is 4.79 Å². The van der Waals surface area contributed by atoms with Crippen LogP contribution in [-0.2, 0) is 9.53 Å². The highest BCUT2D eigenvalue weighted by molar-refractivity contribution is 8.00. The molecule has 4 nitrogen and oxygen atoms in total. The number of aromatic nitrogens is 1. The monoisotopic (exact) mass is 298 g/mol. The van der Waals surface area contributed by atoms with Crippen LogP contribution in [0.25, 0.3) is 0 Å². The molecule has 0 saturated heterocycles. The fourth-order valence-electron chi connectivity index (χ4n) is 1.14. The maximum Gasteiger partial charge on any atom is 0.320 e. The van der Waals surface area contributed by atoms with Crippen molar-refractivity contribution in [2.24, 2.45) is 5.73 Å². The van der Waals surface area contributed by atoms with Gasteiger partial charge in [-0.1, -0.05) is 0 Å². The van der Waals surface area contributed by atoms with E-state index in [4.69, 9.17) is 5.73 Å². The number of ether oxygens (including phenoxy) is 1. The molecule has 0 radical (unpaired) electrons. The third-order valence-electron chi connectivity index (χ3n) is 1.98. The van der Waals surface area contributed by atoms with Crippen molar-refractivity contribution in [2.75, 3.05) is 13.2 Å². The standard InChI is InChI=1S/C10H10F4N2O2S/c1-2-18-10(17)4(3-15)19-7-5(11)8(13)16-9(14)6(7)12/h4H,2-3,15H2,1H3. The second-order valence-corrected chi connectivity index (χ2v) is 4.46. The van der Waals surface area contributed by atoms with Crippen molar-refractivity contribution in [1.82, 2.24) is 4.98 Å². The van der Waals surface area contributed by atoms with Crippen molar-refractivity contribution in [3.63, 3.8) is 0 Å². The molecule has 0 aliphatic heterocycles. The largest absolute Gasteiger partial charge is 0.465 e. The van der Waals surface area contributed by atoms with Crippen molar-refractivity contribution in [3.05, 3.63) is 23.5 Å². The normalized spacial score (nSPS) is 12.3. The Morgan fingerprint density at radius 3 is 2.26 bits per heavy atom. The summed E-state index contributed by atoms with van der Waals surface area (Å²) in [4.78, 5) is 12.8. The maximum atomic E-state index is 13.3. The summed E-state index contributed by atoms with van der Waals surface area (Å²) in [6, 6.07) is 0. The van der Waals surface area contributed by atoms with Crippen LogP contribution in [0.3, 0.4) is 0 Å². The number of hydrogen-bond acceptors (Lipinski definition) is 5. The number of carbonyl (C=O) groups is 1. The van der Waals surface area contributed by atoms with Gasteiger partial charge in [0.1, 0.15) is 5.25 Å². The number of pyridine rings is 1. The second kappa shape index (κ2) is 6.71. The summed E-state index contributed by atoms with van der Waals surface area (Å²) >= 11 is 0.249. The highest BCUT2D eigenvalue weighted by Crippen LogP contribution is 2.30. The Kier molecular flexibility index (Phi) is 5.55. The van der Waals surface area contributed by atoms with Gasteiger partial charge in [0, 0.05) is 6.54 Å². The molecule has 0 bridgehead atoms. The minimum absolute atomic E-state index is 0.0416. The van der Waals surface area contributed by atoms with Crippen LogP contribution < -0.4 is 5.73 Å². The van der Waals surface area contributed by atoms with E-state index in [0.717, 1.165) is 0 Å². The number of hydrogen-bond donors (Lipinski definition) is 1. The molecule has 0 aromatic carbocycles. The molecule has 0 fully saturated rings. The van der Waals surface area contributed by atoms with Gasteiger partial charge in [-0.05, 0) is 6.92 Å². The van der Waals surface area contributed by atoms with E-state index in [1.54, 1.807) is 0 Å². The average molecular weight is 298 g/mol. The quantitative estimate of drug-likeness (QED) is 0.387. The highest BCUT2D eigenvalue weighted by atomic mass is 32.2. The Morgan fingerprint density at radius 2 is 1.84 bits per heavy atom. The Bertz CT molecular complexity index is 461. The van der Waals surface area contributed by atoms with Gasteiger partial charge in [0.25, 0.3) is 11.9 Å². The molecule has 1 rings (SSSR count). The first kappa shape index (κ1) is 15.7. The van der Waals surface area contributed by atoms with E-state index in [0.29, 0.717) is 0 Å². The summed E-state index contributed by atoms with van der Waals surface area (Å²) in [5, 5.41) is -1.18. The minimum atomic E-state index is -1.79. The number of rotatable bonds is 5. The first-order chi connectivity index (χ1) is 8.92. The van der Waals surface area contributed by atoms with Crippen LogP contribution in [0.5, 0.6) is 0 Å². The molecule has 106 valence electrons. The molecule has 1 unspecified atom stereocenters. The molecule has 1 heterocycles. The van der Waals surface area contributed by atoms with Gasteiger partial charge in [-0.15, -0.1) is 11.8 Å². The predicted molar refractivity (Wildman–Crippen MR) is 59.4 cm³/mol. The molecular formula is C10H10F4N2O2S. The molecule has 19 heavy (non-hydrogen) atoms. The summed E-state index contributed by atoms with van der Waals surface area (Å²) in [5.74, 6) is -7.76. The third-order valence-corrected chi connectivity index (χ3v) is 3.24. The lowest BCUT2D eigenvalue weighted by Gasteiger charge is -2.14. The average Bonchev–Trinajstić information content (AvgIpc) is 2.37. The van der Waals surface area contributed by atoms with Crippen LogP contribution in [0, 0.1) is 23.5 Å². The van der Waals surface area contributed by atoms with Crippen LogP contribution in [0.2, 0.25) is 0 Å². The first-order valence-corrected chi connectivity index (χ1v) is 6.03. The van der Waals surface area contributed by atoms with E-state index in [2.05, 4.69) is 9.72 Å². The Hall–Kier alpha value is -1.35. The van der Waals surface area contributed by atoms with Gasteiger partial charge in [0.2, 0.25) is 0 Å². The Morgan fingerprint density at radius 1 is 1.32 bits per heavy atom. The van der Waals surface area contributed by atoms with Crippen molar-refractivity contribution < 1.29 is 27.1 Å². The summed E-state index contributed by atoms with van der Waals surface area (Å²) < 4.78 is 57.0. The number of carbonyl (C=O) groups excluding carboxylic acids is 1. The summed E-state index contributed by atoms with van der Waals surface area (Å²) in [5.41, 5.74) is 5.26. The molecule has 2 N–H and O–H groups in total. The van der Waals surface area contributed by atoms with E-state index in [9.17, 15) is 22.4 Å². The fraction of sp³-hybridized carbons (Fsp3) is 0.400. The first-order valence-electron chi connectivity index (χ1n) is 5.15. The molecule has 0 aliphatic rings. The van der Waals surface area contributed by atoms with E-state index in [1.807, 2.05) is 0 Å². The predicted octanol–water partition coefficient (Wildman–Crippen LogP) is 1.62. The molecule has 1 atom stereocenters. The van der Waals surface area contributed by atoms with Gasteiger partial charge in [-0.2, -0.15) is 13.8 Å². The van der Waals surface area contributed by atoms with Crippen molar-refractivity contribution >= 4 is 17.7 Å². The van der Waals surface area contributed by atoms with Gasteiger partial charge >= 0.3 is 5.97 Å². The molecule has 0 amide bonds. The van der Waals surface area contributed by atoms with Crippen LogP contribution in [0.4, 0.5) is 17.6 Å². The SMILES string of the molecule is CCOC(=O)C(CN)Sc1c(F)c(F)nc(F)c1F. The zero-order valence-electron chi connectivity index (χ0n) is 9.75. The zero-order valence-corrected chi connectivity index (χ0v) is 10.6. The van der Waals surface area contributed by atoms with Crippen LogP contribution in [-0.4, -0.2) is 29.4 Å². The highest BCUT2D eigenvalue weighted by Gasteiger charge is 2.27. The molecule has 0 spiro atoms. The zero-order chi connectivity index (χ0) is 14.6. The molecule has 1 aromatic rings. The number of nitrogens with two attached hydrogens (primary N) is 1. The lowest BCUT2D eigenvalue weighted by molar-refractivity contribution is -0.142. The van der Waals surface area contributed by atoms with E-state index in [1.165, 1.54) is 6.92 Å². The molecule has 0 saturated carbocycles. The van der Waals surface area contributed by atoms with Crippen molar-refractivity contribution in [3.8, 4) is 0 Å². The maximum absolute atomic E-state index is 13.3. The van der Waals surface area contributed by atoms with E-state index >= 15 is 0 Å². The van der Waals surface area contributed by atoms with E-state index < -0.39 is 39.6 Å². The molecule has 9 heteroatoms. The van der Waals surface area contributed by atoms with Gasteiger partial charge < -0.3 is 10.5 Å². The van der Waals surface area contributed by atoms with Gasteiger partial charge in [-0.25, -0.2) is 8.78 Å². The van der Waals surface area contributed by atoms with Crippen LogP contribution in [0.15, 0.2) is 4.90 Å². The smallest absolute Gasteiger partial charge is 0.320 e. The molecular weight excluding hydrogens is 288 g/mol.